The fourth-order valence-electron chi connectivity index (χ4n) is 1.89. The van der Waals surface area contributed by atoms with E-state index in [0.717, 1.165) is 5.56 Å². The molecule has 1 saturated heterocycles. The fourth-order valence-corrected chi connectivity index (χ4v) is 2.00. The van der Waals surface area contributed by atoms with E-state index in [-0.39, 0.29) is 5.96 Å². The molecule has 112 valence electrons. The van der Waals surface area contributed by atoms with Crippen molar-refractivity contribution in [2.24, 2.45) is 10.3 Å². The largest absolute Gasteiger partial charge is 0.398 e. The van der Waals surface area contributed by atoms with Gasteiger partial charge in [-0.05, 0) is 11.6 Å². The van der Waals surface area contributed by atoms with Crippen LogP contribution in [0.3, 0.4) is 0 Å². The van der Waals surface area contributed by atoms with Gasteiger partial charge in [-0.15, -0.1) is 0 Å². The number of guanidine groups is 1. The highest BCUT2D eigenvalue weighted by Gasteiger charge is 2.29. The number of hydrogen-bond donors (Lipinski definition) is 0. The Morgan fingerprint density at radius 1 is 1.57 bits per heavy atom. The Labute approximate surface area is 125 Å². The van der Waals surface area contributed by atoms with Crippen molar-refractivity contribution >= 4 is 23.9 Å². The molecule has 0 aromatic carbocycles. The molecule has 0 amide bonds. The number of hydrogen-bond acceptors (Lipinski definition) is 5. The minimum Gasteiger partial charge on any atom is -0.398 e. The molecule has 0 spiro atoms. The Bertz CT molecular complexity index is 562. The van der Waals surface area contributed by atoms with Gasteiger partial charge in [-0.1, -0.05) is 22.8 Å². The lowest BCUT2D eigenvalue weighted by atomic mass is 10.3. The molecule has 2 rings (SSSR count). The van der Waals surface area contributed by atoms with Crippen LogP contribution < -0.4 is 0 Å². The van der Waals surface area contributed by atoms with Crippen molar-refractivity contribution < 1.29 is 9.87 Å². The van der Waals surface area contributed by atoms with Gasteiger partial charge >= 0.3 is 0 Å². The van der Waals surface area contributed by atoms with Crippen molar-refractivity contribution in [2.75, 3.05) is 20.2 Å². The second-order valence-electron chi connectivity index (χ2n) is 4.15. The van der Waals surface area contributed by atoms with Crippen molar-refractivity contribution in [1.82, 2.24) is 14.8 Å². The van der Waals surface area contributed by atoms with Gasteiger partial charge in [0, 0.05) is 25.8 Å². The molecule has 0 N–H and O–H groups in total. The first-order valence-corrected chi connectivity index (χ1v) is 6.39. The molecule has 9 nitrogen and oxygen atoms in total. The topological polar surface area (TPSA) is 96.5 Å². The minimum atomic E-state index is -0.735. The van der Waals surface area contributed by atoms with E-state index in [0.29, 0.717) is 24.8 Å². The van der Waals surface area contributed by atoms with Crippen LogP contribution >= 0.6 is 11.6 Å². The monoisotopic (exact) mass is 312 g/mol. The maximum atomic E-state index is 10.7. The highest BCUT2D eigenvalue weighted by Crippen LogP contribution is 2.13. The van der Waals surface area contributed by atoms with Crippen LogP contribution in [-0.2, 0) is 11.4 Å². The van der Waals surface area contributed by atoms with Crippen LogP contribution in [0.2, 0.25) is 5.15 Å². The SMILES string of the molecule is CON=CN1CCN(Cc2ccc(Cl)nc2)C1=N[N+](=O)[O-]. The summed E-state index contributed by atoms with van der Waals surface area (Å²) in [5.74, 6) is 0.204. The van der Waals surface area contributed by atoms with Gasteiger partial charge < -0.3 is 9.74 Å². The third-order valence-electron chi connectivity index (χ3n) is 2.78. The van der Waals surface area contributed by atoms with Gasteiger partial charge in [0.15, 0.2) is 5.03 Å². The number of nitrogens with zero attached hydrogens (tertiary/aromatic N) is 6. The zero-order valence-electron chi connectivity index (χ0n) is 11.2. The second-order valence-corrected chi connectivity index (χ2v) is 4.53. The maximum absolute atomic E-state index is 10.7. The lowest BCUT2D eigenvalue weighted by molar-refractivity contribution is -0.486. The summed E-state index contributed by atoms with van der Waals surface area (Å²) in [5, 5.41) is 17.3. The molecular formula is C11H13ClN6O3. The minimum absolute atomic E-state index is 0.204. The summed E-state index contributed by atoms with van der Waals surface area (Å²) >= 11 is 5.73. The Kier molecular flexibility index (Phi) is 4.88. The van der Waals surface area contributed by atoms with E-state index in [4.69, 9.17) is 11.6 Å². The highest BCUT2D eigenvalue weighted by atomic mass is 35.5. The molecule has 2 heterocycles. The molecule has 1 aromatic heterocycles. The van der Waals surface area contributed by atoms with Crippen LogP contribution in [-0.4, -0.2) is 52.3 Å². The quantitative estimate of drug-likeness (QED) is 0.264. The summed E-state index contributed by atoms with van der Waals surface area (Å²) < 4.78 is 0. The number of aromatic nitrogens is 1. The Morgan fingerprint density at radius 3 is 3.00 bits per heavy atom. The first kappa shape index (κ1) is 15.0. The number of hydrazone groups is 1. The van der Waals surface area contributed by atoms with Gasteiger partial charge in [-0.25, -0.2) is 15.1 Å². The van der Waals surface area contributed by atoms with Gasteiger partial charge in [0.2, 0.25) is 0 Å². The molecule has 1 fully saturated rings. The van der Waals surface area contributed by atoms with Crippen molar-refractivity contribution in [3.05, 3.63) is 39.2 Å². The lowest BCUT2D eigenvalue weighted by Gasteiger charge is -2.17. The smallest absolute Gasteiger partial charge is 0.279 e. The van der Waals surface area contributed by atoms with Gasteiger partial charge in [0.1, 0.15) is 23.7 Å². The average Bonchev–Trinajstić information content (AvgIpc) is 2.81. The van der Waals surface area contributed by atoms with Gasteiger partial charge in [-0.3, -0.25) is 4.90 Å². The normalized spacial score (nSPS) is 17.0. The molecule has 0 saturated carbocycles. The number of nitro groups is 1. The number of halogens is 1. The zero-order valence-corrected chi connectivity index (χ0v) is 12.0. The van der Waals surface area contributed by atoms with E-state index in [9.17, 15) is 10.1 Å². The second kappa shape index (κ2) is 6.84. The van der Waals surface area contributed by atoms with Crippen LogP contribution in [0.1, 0.15) is 5.56 Å². The van der Waals surface area contributed by atoms with Gasteiger partial charge in [0.25, 0.3) is 5.96 Å². The Hall–Kier alpha value is -2.42. The fraction of sp³-hybridized carbons (Fsp3) is 0.364. The number of pyridine rings is 1. The molecule has 0 radical (unpaired) electrons. The van der Waals surface area contributed by atoms with Crippen LogP contribution in [0, 0.1) is 10.1 Å². The van der Waals surface area contributed by atoms with Gasteiger partial charge in [0.05, 0.1) is 0 Å². The third kappa shape index (κ3) is 4.02. The van der Waals surface area contributed by atoms with Crippen LogP contribution in [0.25, 0.3) is 0 Å². The first-order chi connectivity index (χ1) is 10.1. The molecule has 0 aliphatic carbocycles. The van der Waals surface area contributed by atoms with Crippen LogP contribution in [0.4, 0.5) is 0 Å². The summed E-state index contributed by atoms with van der Waals surface area (Å²) in [6, 6.07) is 3.48. The molecule has 10 heteroatoms. The van der Waals surface area contributed by atoms with E-state index in [1.807, 2.05) is 6.07 Å². The summed E-state index contributed by atoms with van der Waals surface area (Å²) in [7, 11) is 1.40. The van der Waals surface area contributed by atoms with E-state index in [1.165, 1.54) is 13.4 Å². The maximum Gasteiger partial charge on any atom is 0.279 e. The molecule has 21 heavy (non-hydrogen) atoms. The Balaban J connectivity index is 2.16. The predicted octanol–water partition coefficient (Wildman–Crippen LogP) is 0.990. The van der Waals surface area contributed by atoms with Crippen LogP contribution in [0.15, 0.2) is 28.6 Å². The van der Waals surface area contributed by atoms with Gasteiger partial charge in [-0.2, -0.15) is 0 Å². The molecule has 1 aliphatic rings. The number of oxime groups is 1. The van der Waals surface area contributed by atoms with E-state index >= 15 is 0 Å². The molecule has 1 aliphatic heterocycles. The molecule has 0 unspecified atom stereocenters. The van der Waals surface area contributed by atoms with E-state index < -0.39 is 5.03 Å². The van der Waals surface area contributed by atoms with Crippen molar-refractivity contribution in [3.63, 3.8) is 0 Å². The first-order valence-electron chi connectivity index (χ1n) is 6.02. The molecule has 1 aromatic rings. The summed E-state index contributed by atoms with van der Waals surface area (Å²) in [5.41, 5.74) is 0.876. The summed E-state index contributed by atoms with van der Waals surface area (Å²) in [6.07, 6.45) is 2.99. The average molecular weight is 313 g/mol. The summed E-state index contributed by atoms with van der Waals surface area (Å²) in [4.78, 5) is 22.6. The van der Waals surface area contributed by atoms with Crippen molar-refractivity contribution in [1.29, 1.82) is 0 Å². The molecular weight excluding hydrogens is 300 g/mol. The van der Waals surface area contributed by atoms with E-state index in [1.54, 1.807) is 22.1 Å². The lowest BCUT2D eigenvalue weighted by Crippen LogP contribution is -2.33. The number of rotatable bonds is 5. The van der Waals surface area contributed by atoms with Crippen molar-refractivity contribution in [3.8, 4) is 0 Å². The third-order valence-corrected chi connectivity index (χ3v) is 3.00. The zero-order chi connectivity index (χ0) is 15.2. The molecule has 0 bridgehead atoms. The van der Waals surface area contributed by atoms with E-state index in [2.05, 4.69) is 20.1 Å². The highest BCUT2D eigenvalue weighted by molar-refractivity contribution is 6.29. The predicted molar refractivity (Wildman–Crippen MR) is 76.3 cm³/mol. The summed E-state index contributed by atoms with van der Waals surface area (Å²) in [6.45, 7) is 1.54. The van der Waals surface area contributed by atoms with Crippen molar-refractivity contribution in [2.45, 2.75) is 6.54 Å². The Morgan fingerprint density at radius 2 is 2.38 bits per heavy atom. The standard InChI is InChI=1S/C11H13ClN6O3/c1-21-14-8-17-5-4-16(11(17)15-18(19)20)7-9-2-3-10(12)13-6-9/h2-3,6,8H,4-5,7H2,1H3. The molecule has 0 atom stereocenters. The van der Waals surface area contributed by atoms with Crippen LogP contribution in [0.5, 0.6) is 0 Å².